The number of nitrogens with zero attached hydrogens (tertiary/aromatic N) is 1. The highest BCUT2D eigenvalue weighted by Gasteiger charge is 2.27. The lowest BCUT2D eigenvalue weighted by atomic mass is 10.0. The van der Waals surface area contributed by atoms with Crippen LogP contribution in [-0.4, -0.2) is 45.4 Å². The van der Waals surface area contributed by atoms with Crippen LogP contribution in [0.2, 0.25) is 0 Å². The zero-order valence-electron chi connectivity index (χ0n) is 18.4. The van der Waals surface area contributed by atoms with Gasteiger partial charge in [0.2, 0.25) is 15.9 Å². The average molecular weight is 433 g/mol. The van der Waals surface area contributed by atoms with Crippen molar-refractivity contribution in [1.29, 1.82) is 0 Å². The fourth-order valence-corrected chi connectivity index (χ4v) is 4.44. The van der Waals surface area contributed by atoms with E-state index in [9.17, 15) is 13.2 Å². The van der Waals surface area contributed by atoms with Gasteiger partial charge in [0.1, 0.15) is 10.6 Å². The first-order chi connectivity index (χ1) is 14.1. The molecule has 0 saturated carbocycles. The molecule has 0 heterocycles. The minimum absolute atomic E-state index is 0.0624. The van der Waals surface area contributed by atoms with E-state index >= 15 is 0 Å². The van der Waals surface area contributed by atoms with E-state index in [0.717, 1.165) is 22.7 Å². The maximum atomic E-state index is 13.1. The Hall–Kier alpha value is -2.38. The smallest absolute Gasteiger partial charge is 0.246 e. The van der Waals surface area contributed by atoms with Gasteiger partial charge in [-0.3, -0.25) is 4.79 Å². The number of hydrogen-bond donors (Lipinski definition) is 1. The van der Waals surface area contributed by atoms with Crippen LogP contribution in [0.25, 0.3) is 0 Å². The van der Waals surface area contributed by atoms with E-state index in [0.29, 0.717) is 0 Å². The number of benzene rings is 2. The van der Waals surface area contributed by atoms with Gasteiger partial charge in [0, 0.05) is 13.1 Å². The first kappa shape index (κ1) is 23.9. The van der Waals surface area contributed by atoms with Gasteiger partial charge in [-0.05, 0) is 48.9 Å². The summed E-state index contributed by atoms with van der Waals surface area (Å²) in [6.45, 7) is 5.65. The predicted molar refractivity (Wildman–Crippen MR) is 119 cm³/mol. The van der Waals surface area contributed by atoms with Crippen LogP contribution in [0, 0.1) is 0 Å². The summed E-state index contributed by atoms with van der Waals surface area (Å²) in [5.41, 5.74) is 2.09. The Morgan fingerprint density at radius 3 is 2.37 bits per heavy atom. The molecule has 0 aliphatic rings. The molecule has 30 heavy (non-hydrogen) atoms. The van der Waals surface area contributed by atoms with Crippen LogP contribution in [0.4, 0.5) is 0 Å². The standard InChI is InChI=1S/C23H32N2O4S/c1-17(2)20-13-14-21(29-5)22(15-20)30(27,28)25(4)16-23(26)24-18(3)11-12-19-9-7-6-8-10-19/h6-10,13-15,17-18H,11-12,16H2,1-5H3,(H,24,26). The summed E-state index contributed by atoms with van der Waals surface area (Å²) < 4.78 is 32.5. The van der Waals surface area contributed by atoms with Crippen molar-refractivity contribution in [1.82, 2.24) is 9.62 Å². The van der Waals surface area contributed by atoms with E-state index in [1.165, 1.54) is 19.7 Å². The maximum Gasteiger partial charge on any atom is 0.246 e. The van der Waals surface area contributed by atoms with Gasteiger partial charge in [-0.2, -0.15) is 4.31 Å². The normalized spacial score (nSPS) is 12.8. The summed E-state index contributed by atoms with van der Waals surface area (Å²) in [7, 11) is -1.03. The molecule has 0 radical (unpaired) electrons. The average Bonchev–Trinajstić information content (AvgIpc) is 2.72. The molecule has 0 aromatic heterocycles. The van der Waals surface area contributed by atoms with Gasteiger partial charge >= 0.3 is 0 Å². The van der Waals surface area contributed by atoms with E-state index in [1.807, 2.05) is 57.2 Å². The number of ether oxygens (including phenoxy) is 1. The number of hydrogen-bond acceptors (Lipinski definition) is 4. The number of sulfonamides is 1. The van der Waals surface area contributed by atoms with Crippen molar-refractivity contribution in [2.75, 3.05) is 20.7 Å². The van der Waals surface area contributed by atoms with Crippen molar-refractivity contribution >= 4 is 15.9 Å². The Morgan fingerprint density at radius 2 is 1.77 bits per heavy atom. The summed E-state index contributed by atoms with van der Waals surface area (Å²) in [4.78, 5) is 12.5. The molecular weight excluding hydrogens is 400 g/mol. The van der Waals surface area contributed by atoms with Gasteiger partial charge in [0.05, 0.1) is 13.7 Å². The predicted octanol–water partition coefficient (Wildman–Crippen LogP) is 3.58. The molecule has 0 spiro atoms. The van der Waals surface area contributed by atoms with Crippen LogP contribution in [0.5, 0.6) is 5.75 Å². The Kier molecular flexibility index (Phi) is 8.43. The number of methoxy groups -OCH3 is 1. The van der Waals surface area contributed by atoms with Crippen LogP contribution in [-0.2, 0) is 21.2 Å². The highest BCUT2D eigenvalue weighted by Crippen LogP contribution is 2.29. The van der Waals surface area contributed by atoms with Crippen molar-refractivity contribution in [3.8, 4) is 5.75 Å². The second kappa shape index (κ2) is 10.6. The molecule has 1 unspecified atom stereocenters. The molecule has 0 aliphatic heterocycles. The molecule has 0 fully saturated rings. The summed E-state index contributed by atoms with van der Waals surface area (Å²) in [5.74, 6) is 0.104. The molecule has 0 bridgehead atoms. The number of rotatable bonds is 10. The van der Waals surface area contributed by atoms with E-state index in [4.69, 9.17) is 4.74 Å². The first-order valence-electron chi connectivity index (χ1n) is 10.1. The van der Waals surface area contributed by atoms with Crippen molar-refractivity contribution < 1.29 is 17.9 Å². The summed E-state index contributed by atoms with van der Waals surface area (Å²) in [5, 5.41) is 2.89. The molecule has 2 rings (SSSR count). The topological polar surface area (TPSA) is 75.7 Å². The number of aryl methyl sites for hydroxylation is 1. The van der Waals surface area contributed by atoms with E-state index in [1.54, 1.807) is 12.1 Å². The van der Waals surface area contributed by atoms with Gasteiger partial charge < -0.3 is 10.1 Å². The monoisotopic (exact) mass is 432 g/mol. The Morgan fingerprint density at radius 1 is 1.10 bits per heavy atom. The van der Waals surface area contributed by atoms with E-state index in [2.05, 4.69) is 5.32 Å². The summed E-state index contributed by atoms with van der Waals surface area (Å²) in [6, 6.07) is 15.1. The third kappa shape index (κ3) is 6.31. The van der Waals surface area contributed by atoms with Gasteiger partial charge in [-0.15, -0.1) is 0 Å². The second-order valence-electron chi connectivity index (χ2n) is 7.82. The zero-order valence-corrected chi connectivity index (χ0v) is 19.2. The number of amides is 1. The minimum Gasteiger partial charge on any atom is -0.495 e. The minimum atomic E-state index is -3.88. The van der Waals surface area contributed by atoms with Gasteiger partial charge in [0.15, 0.2) is 0 Å². The highest BCUT2D eigenvalue weighted by molar-refractivity contribution is 7.89. The lowest BCUT2D eigenvalue weighted by molar-refractivity contribution is -0.121. The van der Waals surface area contributed by atoms with Crippen molar-refractivity contribution in [3.63, 3.8) is 0 Å². The lowest BCUT2D eigenvalue weighted by Crippen LogP contribution is -2.42. The number of nitrogens with one attached hydrogen (secondary N) is 1. The summed E-state index contributed by atoms with van der Waals surface area (Å²) in [6.07, 6.45) is 1.62. The molecule has 1 N–H and O–H groups in total. The maximum absolute atomic E-state index is 13.1. The summed E-state index contributed by atoms with van der Waals surface area (Å²) >= 11 is 0. The van der Waals surface area contributed by atoms with E-state index < -0.39 is 10.0 Å². The lowest BCUT2D eigenvalue weighted by Gasteiger charge is -2.21. The van der Waals surface area contributed by atoms with Gasteiger partial charge in [0.25, 0.3) is 0 Å². The molecule has 164 valence electrons. The van der Waals surface area contributed by atoms with Gasteiger partial charge in [-0.1, -0.05) is 50.2 Å². The van der Waals surface area contributed by atoms with E-state index in [-0.39, 0.29) is 35.1 Å². The molecule has 0 aliphatic carbocycles. The molecular formula is C23H32N2O4S. The fourth-order valence-electron chi connectivity index (χ4n) is 3.13. The van der Waals surface area contributed by atoms with Crippen LogP contribution in [0.1, 0.15) is 44.2 Å². The van der Waals surface area contributed by atoms with Crippen LogP contribution in [0.15, 0.2) is 53.4 Å². The Labute approximate surface area is 180 Å². The van der Waals surface area contributed by atoms with Crippen molar-refractivity contribution in [2.45, 2.75) is 50.5 Å². The van der Waals surface area contributed by atoms with Gasteiger partial charge in [-0.25, -0.2) is 8.42 Å². The fraction of sp³-hybridized carbons (Fsp3) is 0.435. The third-order valence-corrected chi connectivity index (χ3v) is 6.85. The molecule has 2 aromatic carbocycles. The highest BCUT2D eigenvalue weighted by atomic mass is 32.2. The third-order valence-electron chi connectivity index (χ3n) is 5.03. The molecule has 2 aromatic rings. The number of carbonyl (C=O) groups excluding carboxylic acids is 1. The Balaban J connectivity index is 2.02. The van der Waals surface area contributed by atoms with Crippen molar-refractivity contribution in [3.05, 3.63) is 59.7 Å². The number of likely N-dealkylation sites (N-methyl/N-ethyl adjacent to an activating group) is 1. The van der Waals surface area contributed by atoms with Crippen LogP contribution < -0.4 is 10.1 Å². The zero-order chi connectivity index (χ0) is 22.3. The number of carbonyl (C=O) groups is 1. The van der Waals surface area contributed by atoms with Crippen molar-refractivity contribution in [2.24, 2.45) is 0 Å². The molecule has 0 saturated heterocycles. The SMILES string of the molecule is COc1ccc(C(C)C)cc1S(=O)(=O)N(C)CC(=O)NC(C)CCc1ccccc1. The molecule has 6 nitrogen and oxygen atoms in total. The first-order valence-corrected chi connectivity index (χ1v) is 11.6. The molecule has 7 heteroatoms. The quantitative estimate of drug-likeness (QED) is 0.623. The molecule has 1 atom stereocenters. The molecule has 1 amide bonds. The second-order valence-corrected chi connectivity index (χ2v) is 9.83. The largest absolute Gasteiger partial charge is 0.495 e. The van der Waals surface area contributed by atoms with Crippen LogP contribution in [0.3, 0.4) is 0 Å². The Bertz CT molecular complexity index is 943. The van der Waals surface area contributed by atoms with Crippen LogP contribution >= 0.6 is 0 Å².